The van der Waals surface area contributed by atoms with E-state index < -0.39 is 24.1 Å². The lowest BCUT2D eigenvalue weighted by molar-refractivity contribution is -0.140. The van der Waals surface area contributed by atoms with Gasteiger partial charge in [0.1, 0.15) is 0 Å². The Morgan fingerprint density at radius 3 is 1.68 bits per heavy atom. The molecule has 4 saturated heterocycles. The van der Waals surface area contributed by atoms with E-state index >= 15 is 0 Å². The SMILES string of the molecule is COC(=O)C1=C(C(=O)OC)[C@@H]2O[C@H]1[C@H]1[C@H]3O[C@@H]([C@@H]4[C@H]3[C@@H]3C=C[C@@H]4O3)[C@@H]12. The number of carbonyl (C=O) groups excluding carboxylic acids is 2. The van der Waals surface area contributed by atoms with Crippen LogP contribution < -0.4 is 0 Å². The molecule has 6 heterocycles. The molecule has 132 valence electrons. The van der Waals surface area contributed by atoms with Crippen molar-refractivity contribution in [1.29, 1.82) is 0 Å². The Balaban J connectivity index is 1.44. The van der Waals surface area contributed by atoms with Crippen molar-refractivity contribution < 1.29 is 33.3 Å². The molecule has 10 atom stereocenters. The molecule has 0 aliphatic carbocycles. The van der Waals surface area contributed by atoms with Gasteiger partial charge in [-0.1, -0.05) is 12.2 Å². The molecule has 0 aromatic rings. The van der Waals surface area contributed by atoms with E-state index in [4.69, 9.17) is 23.7 Å². The molecule has 6 aliphatic rings. The van der Waals surface area contributed by atoms with Gasteiger partial charge in [-0.15, -0.1) is 0 Å². The van der Waals surface area contributed by atoms with E-state index in [1.807, 2.05) is 0 Å². The predicted octanol–water partition coefficient (Wildman–Crippen LogP) is -0.00700. The number of carbonyl (C=O) groups is 2. The van der Waals surface area contributed by atoms with Crippen molar-refractivity contribution in [3.63, 3.8) is 0 Å². The van der Waals surface area contributed by atoms with E-state index in [0.717, 1.165) is 0 Å². The standard InChI is InChI=1S/C18H18O7/c1-21-17(19)11-12(18(20)22-2)16-10-9(15(11)25-16)13-7-5-3-4-6(23-5)8(7)14(10)24-13/h3-10,13-16H,1-2H3/t5-,6-,7-,8+,9+,10+,13-,14-,15+,16-/m0/s1. The van der Waals surface area contributed by atoms with Crippen LogP contribution in [0, 0.1) is 23.7 Å². The molecular weight excluding hydrogens is 328 g/mol. The van der Waals surface area contributed by atoms with Crippen LogP contribution in [0.5, 0.6) is 0 Å². The maximum Gasteiger partial charge on any atom is 0.337 e. The second kappa shape index (κ2) is 4.52. The van der Waals surface area contributed by atoms with Gasteiger partial charge in [-0.3, -0.25) is 0 Å². The normalized spacial score (nSPS) is 52.7. The number of rotatable bonds is 2. The first-order valence-corrected chi connectivity index (χ1v) is 8.71. The van der Waals surface area contributed by atoms with E-state index in [1.54, 1.807) is 0 Å². The molecule has 0 aromatic carbocycles. The highest BCUT2D eigenvalue weighted by Crippen LogP contribution is 2.65. The van der Waals surface area contributed by atoms with Crippen LogP contribution in [0.3, 0.4) is 0 Å². The van der Waals surface area contributed by atoms with Crippen molar-refractivity contribution in [2.45, 2.75) is 36.6 Å². The first-order chi connectivity index (χ1) is 12.2. The molecular formula is C18H18O7. The molecule has 7 nitrogen and oxygen atoms in total. The molecule has 0 aromatic heterocycles. The van der Waals surface area contributed by atoms with Gasteiger partial charge in [0.05, 0.1) is 62.0 Å². The summed E-state index contributed by atoms with van der Waals surface area (Å²) in [5.41, 5.74) is 0.626. The lowest BCUT2D eigenvalue weighted by atomic mass is 9.60. The predicted molar refractivity (Wildman–Crippen MR) is 80.1 cm³/mol. The molecule has 6 rings (SSSR count). The highest BCUT2D eigenvalue weighted by molar-refractivity contribution is 6.03. The maximum atomic E-state index is 12.3. The number of hydrogen-bond donors (Lipinski definition) is 0. The van der Waals surface area contributed by atoms with E-state index in [0.29, 0.717) is 23.0 Å². The van der Waals surface area contributed by atoms with Gasteiger partial charge in [0, 0.05) is 23.7 Å². The zero-order valence-electron chi connectivity index (χ0n) is 13.8. The van der Waals surface area contributed by atoms with Gasteiger partial charge >= 0.3 is 11.9 Å². The lowest BCUT2D eigenvalue weighted by Crippen LogP contribution is -2.49. The minimum Gasteiger partial charge on any atom is -0.466 e. The number of hydrogen-bond acceptors (Lipinski definition) is 7. The fourth-order valence-corrected chi connectivity index (χ4v) is 6.26. The minimum absolute atomic E-state index is 0.00574. The van der Waals surface area contributed by atoms with Gasteiger partial charge in [-0.2, -0.15) is 0 Å². The van der Waals surface area contributed by atoms with Crippen LogP contribution >= 0.6 is 0 Å². The summed E-state index contributed by atoms with van der Waals surface area (Å²) in [5, 5.41) is 0. The summed E-state index contributed by atoms with van der Waals surface area (Å²) >= 11 is 0. The summed E-state index contributed by atoms with van der Waals surface area (Å²) in [6.45, 7) is 0. The lowest BCUT2D eigenvalue weighted by Gasteiger charge is -2.37. The molecule has 25 heavy (non-hydrogen) atoms. The van der Waals surface area contributed by atoms with Crippen LogP contribution in [-0.2, 0) is 33.3 Å². The van der Waals surface area contributed by atoms with Gasteiger partial charge in [0.15, 0.2) is 0 Å². The van der Waals surface area contributed by atoms with Crippen LogP contribution in [0.1, 0.15) is 0 Å². The molecule has 0 saturated carbocycles. The Labute approximate surface area is 143 Å². The van der Waals surface area contributed by atoms with Crippen molar-refractivity contribution in [3.05, 3.63) is 23.3 Å². The Morgan fingerprint density at radius 1 is 0.760 bits per heavy atom. The summed E-state index contributed by atoms with van der Waals surface area (Å²) in [4.78, 5) is 24.7. The fraction of sp³-hybridized carbons (Fsp3) is 0.667. The quantitative estimate of drug-likeness (QED) is 0.514. The Morgan fingerprint density at radius 2 is 1.24 bits per heavy atom. The average molecular weight is 346 g/mol. The zero-order valence-corrected chi connectivity index (χ0v) is 13.8. The Bertz CT molecular complexity index is 697. The highest BCUT2D eigenvalue weighted by Gasteiger charge is 2.75. The van der Waals surface area contributed by atoms with E-state index in [9.17, 15) is 9.59 Å². The van der Waals surface area contributed by atoms with Crippen LogP contribution in [0.4, 0.5) is 0 Å². The smallest absolute Gasteiger partial charge is 0.337 e. The summed E-state index contributed by atoms with van der Waals surface area (Å²) in [7, 11) is 2.63. The molecule has 0 amide bonds. The van der Waals surface area contributed by atoms with Crippen LogP contribution in [-0.4, -0.2) is 62.8 Å². The Hall–Kier alpha value is -1.70. The van der Waals surface area contributed by atoms with Gasteiger partial charge < -0.3 is 23.7 Å². The van der Waals surface area contributed by atoms with Crippen molar-refractivity contribution >= 4 is 11.9 Å². The van der Waals surface area contributed by atoms with Crippen molar-refractivity contribution in [3.8, 4) is 0 Å². The molecule has 0 unspecified atom stereocenters. The van der Waals surface area contributed by atoms with Gasteiger partial charge in [-0.05, 0) is 0 Å². The van der Waals surface area contributed by atoms with Gasteiger partial charge in [0.2, 0.25) is 0 Å². The van der Waals surface area contributed by atoms with Crippen molar-refractivity contribution in [2.24, 2.45) is 23.7 Å². The molecule has 0 N–H and O–H groups in total. The van der Waals surface area contributed by atoms with Gasteiger partial charge in [0.25, 0.3) is 0 Å². The van der Waals surface area contributed by atoms with E-state index in [2.05, 4.69) is 12.2 Å². The number of ether oxygens (including phenoxy) is 5. The van der Waals surface area contributed by atoms with Crippen molar-refractivity contribution in [1.82, 2.24) is 0 Å². The summed E-state index contributed by atoms with van der Waals surface area (Å²) in [6, 6.07) is 0. The summed E-state index contributed by atoms with van der Waals surface area (Å²) in [5.74, 6) is -0.288. The first kappa shape index (κ1) is 14.5. The van der Waals surface area contributed by atoms with E-state index in [1.165, 1.54) is 14.2 Å². The summed E-state index contributed by atoms with van der Waals surface area (Å²) < 4.78 is 28.4. The average Bonchev–Trinajstić information content (AvgIpc) is 3.42. The Kier molecular flexibility index (Phi) is 2.62. The second-order valence-corrected chi connectivity index (χ2v) is 7.61. The molecule has 0 spiro atoms. The molecule has 6 aliphatic heterocycles. The highest BCUT2D eigenvalue weighted by atomic mass is 16.6. The van der Waals surface area contributed by atoms with Gasteiger partial charge in [-0.25, -0.2) is 9.59 Å². The second-order valence-electron chi connectivity index (χ2n) is 7.61. The minimum atomic E-state index is -0.519. The van der Waals surface area contributed by atoms with E-state index in [-0.39, 0.29) is 36.3 Å². The first-order valence-electron chi connectivity index (χ1n) is 8.71. The third kappa shape index (κ3) is 1.46. The van der Waals surface area contributed by atoms with Crippen LogP contribution in [0.2, 0.25) is 0 Å². The molecule has 0 radical (unpaired) electrons. The molecule has 4 fully saturated rings. The fourth-order valence-electron chi connectivity index (χ4n) is 6.26. The van der Waals surface area contributed by atoms with Crippen molar-refractivity contribution in [2.75, 3.05) is 14.2 Å². The monoisotopic (exact) mass is 346 g/mol. The van der Waals surface area contributed by atoms with Crippen LogP contribution in [0.15, 0.2) is 23.3 Å². The molecule has 7 heteroatoms. The maximum absolute atomic E-state index is 12.3. The number of esters is 2. The number of fused-ring (bicyclic) bond motifs is 16. The third-order valence-electron chi connectivity index (χ3n) is 6.95. The number of methoxy groups -OCH3 is 2. The largest absolute Gasteiger partial charge is 0.466 e. The van der Waals surface area contributed by atoms with Crippen LogP contribution in [0.25, 0.3) is 0 Å². The molecule has 6 bridgehead atoms. The summed E-state index contributed by atoms with van der Waals surface area (Å²) in [6.07, 6.45) is 3.49. The third-order valence-corrected chi connectivity index (χ3v) is 6.95. The topological polar surface area (TPSA) is 80.3 Å². The zero-order chi connectivity index (χ0) is 17.0.